The van der Waals surface area contributed by atoms with Crippen LogP contribution >= 0.6 is 11.3 Å². The van der Waals surface area contributed by atoms with E-state index in [1.54, 1.807) is 12.1 Å². The van der Waals surface area contributed by atoms with Crippen molar-refractivity contribution in [2.75, 3.05) is 18.4 Å². The van der Waals surface area contributed by atoms with E-state index in [4.69, 9.17) is 0 Å². The lowest BCUT2D eigenvalue weighted by Gasteiger charge is -2.30. The van der Waals surface area contributed by atoms with Crippen LogP contribution in [0.15, 0.2) is 29.2 Å². The number of nitrogens with one attached hydrogen (secondary N) is 1. The van der Waals surface area contributed by atoms with Crippen LogP contribution in [0.3, 0.4) is 0 Å². The molecule has 7 nitrogen and oxygen atoms in total. The molecule has 0 bridgehead atoms. The molecule has 0 atom stereocenters. The molecule has 29 heavy (non-hydrogen) atoms. The number of nitrogens with zero attached hydrogens (tertiary/aromatic N) is 3. The number of aryl methyl sites for hydroxylation is 1. The second-order valence-corrected chi connectivity index (χ2v) is 11.3. The van der Waals surface area contributed by atoms with Crippen molar-refractivity contribution in [1.29, 1.82) is 0 Å². The quantitative estimate of drug-likeness (QED) is 0.775. The van der Waals surface area contributed by atoms with Gasteiger partial charge in [-0.2, -0.15) is 4.31 Å². The zero-order valence-corrected chi connectivity index (χ0v) is 18.9. The first-order valence-corrected chi connectivity index (χ1v) is 12.1. The van der Waals surface area contributed by atoms with E-state index in [-0.39, 0.29) is 17.2 Å². The van der Waals surface area contributed by atoms with Crippen LogP contribution < -0.4 is 5.32 Å². The standard InChI is InChI=1S/C20H28N4O3S2/c1-5-17-22-23-19(28-17)21-18(25)14-10-12-24(13-11-14)29(26,27)16-8-6-15(7-9-16)20(2,3)4/h6-9,14H,5,10-13H2,1-4H3,(H,21,23,25). The summed E-state index contributed by atoms with van der Waals surface area (Å²) < 4.78 is 27.4. The molecule has 9 heteroatoms. The Morgan fingerprint density at radius 1 is 1.17 bits per heavy atom. The molecule has 0 spiro atoms. The molecule has 1 aromatic heterocycles. The molecule has 1 aromatic carbocycles. The van der Waals surface area contributed by atoms with Gasteiger partial charge in [-0.05, 0) is 42.4 Å². The van der Waals surface area contributed by atoms with E-state index in [1.807, 2.05) is 19.1 Å². The Balaban J connectivity index is 1.61. The minimum atomic E-state index is -3.55. The highest BCUT2D eigenvalue weighted by molar-refractivity contribution is 7.89. The van der Waals surface area contributed by atoms with E-state index in [2.05, 4.69) is 36.3 Å². The number of hydrogen-bond donors (Lipinski definition) is 1. The van der Waals surface area contributed by atoms with Crippen molar-refractivity contribution in [2.24, 2.45) is 5.92 Å². The van der Waals surface area contributed by atoms with Gasteiger partial charge in [-0.3, -0.25) is 4.79 Å². The van der Waals surface area contributed by atoms with Crippen molar-refractivity contribution in [1.82, 2.24) is 14.5 Å². The third kappa shape index (κ3) is 5.02. The van der Waals surface area contributed by atoms with E-state index in [0.29, 0.717) is 36.0 Å². The molecule has 1 N–H and O–H groups in total. The fourth-order valence-electron chi connectivity index (χ4n) is 3.29. The van der Waals surface area contributed by atoms with Gasteiger partial charge in [0.15, 0.2) is 0 Å². The van der Waals surface area contributed by atoms with Crippen molar-refractivity contribution in [3.05, 3.63) is 34.8 Å². The highest BCUT2D eigenvalue weighted by Gasteiger charge is 2.32. The number of sulfonamides is 1. The average molecular weight is 437 g/mol. The number of hydrogen-bond acceptors (Lipinski definition) is 6. The second-order valence-electron chi connectivity index (χ2n) is 8.30. The van der Waals surface area contributed by atoms with E-state index in [9.17, 15) is 13.2 Å². The summed E-state index contributed by atoms with van der Waals surface area (Å²) in [4.78, 5) is 12.8. The maximum atomic E-state index is 13.0. The zero-order valence-electron chi connectivity index (χ0n) is 17.3. The smallest absolute Gasteiger partial charge is 0.243 e. The summed E-state index contributed by atoms with van der Waals surface area (Å²) in [5.74, 6) is -0.339. The summed E-state index contributed by atoms with van der Waals surface area (Å²) in [6.45, 7) is 8.93. The molecule has 1 amide bonds. The number of anilines is 1. The highest BCUT2D eigenvalue weighted by atomic mass is 32.2. The summed E-state index contributed by atoms with van der Waals surface area (Å²) in [6, 6.07) is 7.10. The molecule has 0 unspecified atom stereocenters. The average Bonchev–Trinajstić information content (AvgIpc) is 3.15. The Morgan fingerprint density at radius 2 is 1.79 bits per heavy atom. The predicted octanol–water partition coefficient (Wildman–Crippen LogP) is 3.44. The molecule has 1 aliphatic rings. The normalized spacial score (nSPS) is 16.7. The van der Waals surface area contributed by atoms with Gasteiger partial charge in [0.1, 0.15) is 5.01 Å². The van der Waals surface area contributed by atoms with Crippen LogP contribution in [0.4, 0.5) is 5.13 Å². The van der Waals surface area contributed by atoms with Gasteiger partial charge >= 0.3 is 0 Å². The fraction of sp³-hybridized carbons (Fsp3) is 0.550. The van der Waals surface area contributed by atoms with Crippen LogP contribution in [-0.2, 0) is 26.7 Å². The van der Waals surface area contributed by atoms with Gasteiger partial charge in [0.25, 0.3) is 0 Å². The monoisotopic (exact) mass is 436 g/mol. The highest BCUT2D eigenvalue weighted by Crippen LogP contribution is 2.28. The molecule has 1 aliphatic heterocycles. The molecule has 2 aromatic rings. The van der Waals surface area contributed by atoms with Crippen LogP contribution in [0.2, 0.25) is 0 Å². The predicted molar refractivity (Wildman–Crippen MR) is 115 cm³/mol. The first-order chi connectivity index (χ1) is 13.6. The number of carbonyl (C=O) groups is 1. The first-order valence-electron chi connectivity index (χ1n) is 9.85. The molecular formula is C20H28N4O3S2. The van der Waals surface area contributed by atoms with Gasteiger partial charge in [0.2, 0.25) is 21.1 Å². The lowest BCUT2D eigenvalue weighted by atomic mass is 9.87. The van der Waals surface area contributed by atoms with Crippen LogP contribution in [0.25, 0.3) is 0 Å². The summed E-state index contributed by atoms with van der Waals surface area (Å²) in [7, 11) is -3.55. The lowest BCUT2D eigenvalue weighted by molar-refractivity contribution is -0.120. The topological polar surface area (TPSA) is 92.3 Å². The molecule has 0 radical (unpaired) electrons. The van der Waals surface area contributed by atoms with Crippen LogP contribution in [-0.4, -0.2) is 41.9 Å². The van der Waals surface area contributed by atoms with Crippen molar-refractivity contribution in [3.8, 4) is 0 Å². The Bertz CT molecular complexity index is 954. The van der Waals surface area contributed by atoms with Gasteiger partial charge in [-0.25, -0.2) is 8.42 Å². The van der Waals surface area contributed by atoms with Gasteiger partial charge in [-0.1, -0.05) is 51.2 Å². The number of piperidine rings is 1. The van der Waals surface area contributed by atoms with E-state index in [0.717, 1.165) is 17.0 Å². The van der Waals surface area contributed by atoms with Gasteiger partial charge in [0, 0.05) is 19.0 Å². The third-order valence-corrected chi connectivity index (χ3v) is 8.08. The zero-order chi connectivity index (χ0) is 21.2. The minimum absolute atomic E-state index is 0.0289. The van der Waals surface area contributed by atoms with Gasteiger partial charge in [0.05, 0.1) is 4.90 Å². The third-order valence-electron chi connectivity index (χ3n) is 5.18. The summed E-state index contributed by atoms with van der Waals surface area (Å²) in [5.41, 5.74) is 1.06. The number of carbonyl (C=O) groups excluding carboxylic acids is 1. The Morgan fingerprint density at radius 3 is 2.31 bits per heavy atom. The van der Waals surface area contributed by atoms with Gasteiger partial charge < -0.3 is 5.32 Å². The van der Waals surface area contributed by atoms with Gasteiger partial charge in [-0.15, -0.1) is 10.2 Å². The van der Waals surface area contributed by atoms with Crippen molar-refractivity contribution < 1.29 is 13.2 Å². The Labute approximate surface area is 176 Å². The molecule has 3 rings (SSSR count). The summed E-state index contributed by atoms with van der Waals surface area (Å²) in [6.07, 6.45) is 1.76. The molecular weight excluding hydrogens is 408 g/mol. The van der Waals surface area contributed by atoms with Crippen molar-refractivity contribution in [3.63, 3.8) is 0 Å². The summed E-state index contributed by atoms with van der Waals surface area (Å²) in [5, 5.41) is 12.2. The number of benzene rings is 1. The molecule has 0 saturated carbocycles. The first kappa shape index (κ1) is 21.9. The molecule has 1 saturated heterocycles. The molecule has 2 heterocycles. The summed E-state index contributed by atoms with van der Waals surface area (Å²) >= 11 is 1.37. The number of aromatic nitrogens is 2. The van der Waals surface area contributed by atoms with Crippen LogP contribution in [0, 0.1) is 5.92 Å². The molecule has 0 aliphatic carbocycles. The minimum Gasteiger partial charge on any atom is -0.300 e. The van der Waals surface area contributed by atoms with E-state index < -0.39 is 10.0 Å². The Hall–Kier alpha value is -1.84. The second kappa shape index (κ2) is 8.49. The Kier molecular flexibility index (Phi) is 6.40. The SMILES string of the molecule is CCc1nnc(NC(=O)C2CCN(S(=O)(=O)c3ccc(C(C)(C)C)cc3)CC2)s1. The van der Waals surface area contributed by atoms with Crippen molar-refractivity contribution >= 4 is 32.4 Å². The molecule has 158 valence electrons. The largest absolute Gasteiger partial charge is 0.300 e. The van der Waals surface area contributed by atoms with E-state index >= 15 is 0 Å². The number of amides is 1. The van der Waals surface area contributed by atoms with Crippen LogP contribution in [0.5, 0.6) is 0 Å². The lowest BCUT2D eigenvalue weighted by Crippen LogP contribution is -2.41. The fourth-order valence-corrected chi connectivity index (χ4v) is 5.44. The maximum absolute atomic E-state index is 13.0. The van der Waals surface area contributed by atoms with Crippen molar-refractivity contribution in [2.45, 2.75) is 57.3 Å². The maximum Gasteiger partial charge on any atom is 0.243 e. The van der Waals surface area contributed by atoms with E-state index in [1.165, 1.54) is 15.6 Å². The number of rotatable bonds is 5. The molecule has 1 fully saturated rings. The van der Waals surface area contributed by atoms with Crippen LogP contribution in [0.1, 0.15) is 51.1 Å².